The molecule has 0 saturated carbocycles. The van der Waals surface area contributed by atoms with Crippen molar-refractivity contribution in [3.63, 3.8) is 0 Å². The lowest BCUT2D eigenvalue weighted by Gasteiger charge is -2.10. The molecule has 1 unspecified atom stereocenters. The van der Waals surface area contributed by atoms with E-state index in [4.69, 9.17) is 9.16 Å². The highest BCUT2D eigenvalue weighted by molar-refractivity contribution is 6.29. The van der Waals surface area contributed by atoms with Gasteiger partial charge in [0, 0.05) is 20.3 Å². The molecule has 2 nitrogen and oxygen atoms in total. The molecule has 17 heavy (non-hydrogen) atoms. The summed E-state index contributed by atoms with van der Waals surface area (Å²) in [7, 11) is 2.23. The minimum atomic E-state index is 0.481. The van der Waals surface area contributed by atoms with Gasteiger partial charge in [0.05, 0.1) is 0 Å². The van der Waals surface area contributed by atoms with Crippen LogP contribution in [0, 0.1) is 0 Å². The lowest BCUT2D eigenvalue weighted by atomic mass is 10.1. The smallest absolute Gasteiger partial charge is 0.235 e. The molecular formula is C14H20O2Si. The minimum absolute atomic E-state index is 0.481. The monoisotopic (exact) mass is 248 g/mol. The van der Waals surface area contributed by atoms with E-state index in [1.54, 1.807) is 7.11 Å². The summed E-state index contributed by atoms with van der Waals surface area (Å²) >= 11 is 0. The molecule has 0 heterocycles. The summed E-state index contributed by atoms with van der Waals surface area (Å²) in [5.41, 5.74) is 2.98. The fourth-order valence-electron chi connectivity index (χ4n) is 1.61. The van der Waals surface area contributed by atoms with Gasteiger partial charge in [-0.05, 0) is 23.1 Å². The number of methoxy groups -OCH3 is 1. The topological polar surface area (TPSA) is 18.5 Å². The van der Waals surface area contributed by atoms with E-state index in [0.717, 1.165) is 19.6 Å². The number of rotatable bonds is 8. The van der Waals surface area contributed by atoms with Gasteiger partial charge in [-0.3, -0.25) is 0 Å². The molecule has 0 N–H and O–H groups in total. The van der Waals surface area contributed by atoms with Gasteiger partial charge in [0.25, 0.3) is 0 Å². The molecule has 3 heteroatoms. The van der Waals surface area contributed by atoms with E-state index in [1.165, 1.54) is 11.1 Å². The fraction of sp³-hybridized carbons (Fsp3) is 0.429. The van der Waals surface area contributed by atoms with Crippen molar-refractivity contribution < 1.29 is 9.16 Å². The minimum Gasteiger partial charge on any atom is -0.417 e. The first-order chi connectivity index (χ1) is 8.27. The molecule has 0 aliphatic rings. The van der Waals surface area contributed by atoms with Crippen molar-refractivity contribution in [1.82, 2.24) is 0 Å². The van der Waals surface area contributed by atoms with Crippen LogP contribution in [-0.4, -0.2) is 30.1 Å². The zero-order valence-corrected chi connectivity index (χ0v) is 11.6. The average molecular weight is 248 g/mol. The second-order valence-corrected chi connectivity index (χ2v) is 5.49. The third kappa shape index (κ3) is 5.30. The molecule has 0 spiro atoms. The molecule has 2 radical (unpaired) electrons. The van der Waals surface area contributed by atoms with Gasteiger partial charge in [0.2, 0.25) is 9.76 Å². The maximum atomic E-state index is 5.66. The van der Waals surface area contributed by atoms with Crippen molar-refractivity contribution in [2.75, 3.05) is 20.3 Å². The molecule has 1 atom stereocenters. The number of ether oxygens (including phenoxy) is 1. The highest BCUT2D eigenvalue weighted by atomic mass is 28.2. The van der Waals surface area contributed by atoms with Gasteiger partial charge < -0.3 is 9.16 Å². The Labute approximate surface area is 107 Å². The van der Waals surface area contributed by atoms with E-state index in [1.807, 2.05) is 12.1 Å². The van der Waals surface area contributed by atoms with Crippen LogP contribution in [-0.2, 0) is 15.6 Å². The standard InChI is InChI=1S/C14H20O2Si/c1-4-13-7-5-6-8-14(13)9-10-16-17-12(2)11-15-3/h4-8,12H,1,9-11H2,2-3H3. The molecule has 92 valence electrons. The Morgan fingerprint density at radius 3 is 2.88 bits per heavy atom. The van der Waals surface area contributed by atoms with Crippen LogP contribution in [0.1, 0.15) is 18.1 Å². The number of hydrogen-bond donors (Lipinski definition) is 0. The molecule has 1 aromatic rings. The molecule has 1 rings (SSSR count). The third-order valence-corrected chi connectivity index (χ3v) is 3.39. The molecule has 0 fully saturated rings. The quantitative estimate of drug-likeness (QED) is 0.520. The van der Waals surface area contributed by atoms with E-state index in [2.05, 4.69) is 31.7 Å². The Balaban J connectivity index is 2.28. The molecule has 0 saturated heterocycles. The predicted octanol–water partition coefficient (Wildman–Crippen LogP) is 2.96. The summed E-state index contributed by atoms with van der Waals surface area (Å²) in [5.74, 6) is 0. The summed E-state index contributed by atoms with van der Waals surface area (Å²) < 4.78 is 10.7. The van der Waals surface area contributed by atoms with Crippen molar-refractivity contribution >= 4 is 15.8 Å². The largest absolute Gasteiger partial charge is 0.417 e. The van der Waals surface area contributed by atoms with Gasteiger partial charge in [0.15, 0.2) is 0 Å². The SMILES string of the molecule is C=Cc1ccccc1CCO[Si]C(C)COC. The van der Waals surface area contributed by atoms with Crippen LogP contribution in [0.3, 0.4) is 0 Å². The first kappa shape index (κ1) is 14.2. The van der Waals surface area contributed by atoms with Crippen molar-refractivity contribution in [2.45, 2.75) is 18.9 Å². The Kier molecular flexibility index (Phi) is 6.85. The third-order valence-electron chi connectivity index (χ3n) is 2.45. The van der Waals surface area contributed by atoms with Crippen molar-refractivity contribution in [2.24, 2.45) is 0 Å². The summed E-state index contributed by atoms with van der Waals surface area (Å²) in [5, 5.41) is 0. The van der Waals surface area contributed by atoms with Crippen LogP contribution < -0.4 is 0 Å². The first-order valence-electron chi connectivity index (χ1n) is 5.84. The fourth-order valence-corrected chi connectivity index (χ4v) is 2.35. The van der Waals surface area contributed by atoms with Gasteiger partial charge in [-0.15, -0.1) is 0 Å². The van der Waals surface area contributed by atoms with E-state index < -0.39 is 0 Å². The van der Waals surface area contributed by atoms with Crippen LogP contribution >= 0.6 is 0 Å². The Morgan fingerprint density at radius 2 is 2.18 bits per heavy atom. The van der Waals surface area contributed by atoms with Crippen LogP contribution in [0.15, 0.2) is 30.8 Å². The molecule has 1 aromatic carbocycles. The number of hydrogen-bond acceptors (Lipinski definition) is 2. The van der Waals surface area contributed by atoms with E-state index >= 15 is 0 Å². The molecule has 0 bridgehead atoms. The zero-order chi connectivity index (χ0) is 12.5. The lowest BCUT2D eigenvalue weighted by Crippen LogP contribution is -2.12. The van der Waals surface area contributed by atoms with Gasteiger partial charge >= 0.3 is 0 Å². The van der Waals surface area contributed by atoms with Gasteiger partial charge in [-0.25, -0.2) is 0 Å². The second kappa shape index (κ2) is 8.23. The molecule has 0 amide bonds. The Morgan fingerprint density at radius 1 is 1.41 bits per heavy atom. The van der Waals surface area contributed by atoms with E-state index in [-0.39, 0.29) is 0 Å². The van der Waals surface area contributed by atoms with Crippen LogP contribution in [0.5, 0.6) is 0 Å². The number of benzene rings is 1. The van der Waals surface area contributed by atoms with Crippen molar-refractivity contribution in [3.8, 4) is 0 Å². The summed E-state index contributed by atoms with van der Waals surface area (Å²) in [6, 6.07) is 8.29. The summed E-state index contributed by atoms with van der Waals surface area (Å²) in [4.78, 5) is 0. The Bertz CT molecular complexity index is 339. The highest BCUT2D eigenvalue weighted by Gasteiger charge is 2.04. The molecular weight excluding hydrogens is 228 g/mol. The summed E-state index contributed by atoms with van der Waals surface area (Å²) in [6.07, 6.45) is 2.83. The molecule has 0 aromatic heterocycles. The predicted molar refractivity (Wildman–Crippen MR) is 73.2 cm³/mol. The molecule has 0 aliphatic heterocycles. The van der Waals surface area contributed by atoms with Gasteiger partial charge in [-0.2, -0.15) is 0 Å². The van der Waals surface area contributed by atoms with Crippen LogP contribution in [0.4, 0.5) is 0 Å². The first-order valence-corrected chi connectivity index (χ1v) is 6.83. The Hall–Kier alpha value is -0.903. The zero-order valence-electron chi connectivity index (χ0n) is 10.6. The van der Waals surface area contributed by atoms with E-state index in [9.17, 15) is 0 Å². The maximum absolute atomic E-state index is 5.66. The van der Waals surface area contributed by atoms with Gasteiger partial charge in [-0.1, -0.05) is 43.8 Å². The van der Waals surface area contributed by atoms with Gasteiger partial charge in [0.1, 0.15) is 0 Å². The molecule has 0 aliphatic carbocycles. The lowest BCUT2D eigenvalue weighted by molar-refractivity contribution is 0.192. The highest BCUT2D eigenvalue weighted by Crippen LogP contribution is 2.11. The second-order valence-electron chi connectivity index (χ2n) is 3.98. The van der Waals surface area contributed by atoms with Crippen LogP contribution in [0.2, 0.25) is 5.54 Å². The van der Waals surface area contributed by atoms with Crippen LogP contribution in [0.25, 0.3) is 6.08 Å². The normalized spacial score (nSPS) is 12.4. The summed E-state index contributed by atoms with van der Waals surface area (Å²) in [6.45, 7) is 7.48. The average Bonchev–Trinajstić information content (AvgIpc) is 2.35. The van der Waals surface area contributed by atoms with Crippen molar-refractivity contribution in [1.29, 1.82) is 0 Å². The van der Waals surface area contributed by atoms with Crippen molar-refractivity contribution in [3.05, 3.63) is 42.0 Å². The van der Waals surface area contributed by atoms with E-state index in [0.29, 0.717) is 15.3 Å². The maximum Gasteiger partial charge on any atom is 0.235 e.